The lowest BCUT2D eigenvalue weighted by Crippen LogP contribution is -2.38. The maximum atomic E-state index is 11.4. The molecule has 0 fully saturated rings. The molecule has 0 unspecified atom stereocenters. The molecule has 0 spiro atoms. The van der Waals surface area contributed by atoms with E-state index in [0.29, 0.717) is 6.04 Å². The van der Waals surface area contributed by atoms with Gasteiger partial charge < -0.3 is 10.2 Å². The average molecular weight is 250 g/mol. The largest absolute Gasteiger partial charge is 0.368 e. The minimum absolute atomic E-state index is 0.288. The van der Waals surface area contributed by atoms with Crippen molar-refractivity contribution in [3.8, 4) is 0 Å². The number of hydrogen-bond donors (Lipinski definition) is 1. The van der Waals surface area contributed by atoms with E-state index in [1.54, 1.807) is 6.08 Å². The highest BCUT2D eigenvalue weighted by Gasteiger charge is 2.18. The second kappa shape index (κ2) is 6.50. The zero-order valence-corrected chi connectivity index (χ0v) is 11.6. The molecule has 0 saturated carbocycles. The van der Waals surface area contributed by atoms with E-state index in [4.69, 9.17) is 0 Å². The van der Waals surface area contributed by atoms with Crippen LogP contribution in [0.2, 0.25) is 0 Å². The Kier molecular flexibility index (Phi) is 5.28. The van der Waals surface area contributed by atoms with Crippen LogP contribution >= 0.6 is 0 Å². The summed E-state index contributed by atoms with van der Waals surface area (Å²) in [6.45, 7) is 10.0. The van der Waals surface area contributed by atoms with Crippen LogP contribution in [0.3, 0.4) is 0 Å². The van der Waals surface area contributed by atoms with E-state index in [0.717, 1.165) is 18.8 Å². The summed E-state index contributed by atoms with van der Waals surface area (Å²) in [6, 6.07) is 0.731. The summed E-state index contributed by atoms with van der Waals surface area (Å²) in [7, 11) is 0. The van der Waals surface area contributed by atoms with E-state index in [1.807, 2.05) is 0 Å². The fourth-order valence-corrected chi connectivity index (χ4v) is 1.83. The molecule has 1 aliphatic carbocycles. The van der Waals surface area contributed by atoms with Crippen LogP contribution in [0.25, 0.3) is 0 Å². The molecular formula is C14H22N2O2. The van der Waals surface area contributed by atoms with Crippen LogP contribution in [-0.2, 0) is 9.59 Å². The van der Waals surface area contributed by atoms with Gasteiger partial charge in [0.05, 0.1) is 0 Å². The highest BCUT2D eigenvalue weighted by Crippen LogP contribution is 2.14. The quantitative estimate of drug-likeness (QED) is 0.570. The Labute approximate surface area is 109 Å². The lowest BCUT2D eigenvalue weighted by atomic mass is 10.1. The van der Waals surface area contributed by atoms with Gasteiger partial charge in [-0.25, -0.2) is 0 Å². The van der Waals surface area contributed by atoms with E-state index in [9.17, 15) is 9.59 Å². The first kappa shape index (κ1) is 14.6. The lowest BCUT2D eigenvalue weighted by molar-refractivity contribution is -0.131. The first-order valence-electron chi connectivity index (χ1n) is 6.40. The molecule has 0 saturated heterocycles. The van der Waals surface area contributed by atoms with Crippen molar-refractivity contribution in [2.75, 3.05) is 13.1 Å². The van der Waals surface area contributed by atoms with E-state index >= 15 is 0 Å². The monoisotopic (exact) mass is 250 g/mol. The fraction of sp³-hybridized carbons (Fsp3) is 0.571. The first-order valence-corrected chi connectivity index (χ1v) is 6.40. The number of allylic oxidation sites excluding steroid dienone is 3. The Balaban J connectivity index is 2.68. The number of hydrogen-bond acceptors (Lipinski definition) is 4. The Hall–Kier alpha value is -1.42. The number of nitrogens with one attached hydrogen (secondary N) is 1. The molecule has 0 radical (unpaired) electrons. The van der Waals surface area contributed by atoms with Crippen molar-refractivity contribution in [1.82, 2.24) is 10.2 Å². The molecule has 0 amide bonds. The van der Waals surface area contributed by atoms with E-state index < -0.39 is 11.6 Å². The summed E-state index contributed by atoms with van der Waals surface area (Å²) in [5.74, 6) is -0.877. The molecule has 0 bridgehead atoms. The van der Waals surface area contributed by atoms with Crippen molar-refractivity contribution >= 4 is 11.6 Å². The van der Waals surface area contributed by atoms with Crippen LogP contribution < -0.4 is 5.32 Å². The summed E-state index contributed by atoms with van der Waals surface area (Å²) in [5, 5.41) is 3.35. The third kappa shape index (κ3) is 4.11. The predicted octanol–water partition coefficient (Wildman–Crippen LogP) is 1.29. The van der Waals surface area contributed by atoms with Gasteiger partial charge in [0.2, 0.25) is 11.6 Å². The molecule has 0 heterocycles. The number of rotatable bonds is 6. The molecule has 4 nitrogen and oxygen atoms in total. The molecule has 1 rings (SSSR count). The second-order valence-electron chi connectivity index (χ2n) is 5.03. The van der Waals surface area contributed by atoms with Gasteiger partial charge in [0.15, 0.2) is 0 Å². The molecule has 0 aliphatic heterocycles. The van der Waals surface area contributed by atoms with E-state index in [1.165, 1.54) is 12.2 Å². The minimum Gasteiger partial charge on any atom is -0.368 e. The summed E-state index contributed by atoms with van der Waals surface area (Å²) in [4.78, 5) is 24.6. The molecule has 1 aliphatic rings. The number of ketones is 2. The summed E-state index contributed by atoms with van der Waals surface area (Å²) in [5.41, 5.74) is 0.820. The zero-order chi connectivity index (χ0) is 13.7. The van der Waals surface area contributed by atoms with Gasteiger partial charge in [-0.3, -0.25) is 9.59 Å². The van der Waals surface area contributed by atoms with Gasteiger partial charge in [0.1, 0.15) is 0 Å². The molecule has 0 aromatic rings. The van der Waals surface area contributed by atoms with Gasteiger partial charge in [-0.1, -0.05) is 13.8 Å². The summed E-state index contributed by atoms with van der Waals surface area (Å²) < 4.78 is 0. The highest BCUT2D eigenvalue weighted by atomic mass is 16.2. The van der Waals surface area contributed by atoms with Crippen molar-refractivity contribution < 1.29 is 9.59 Å². The summed E-state index contributed by atoms with van der Waals surface area (Å²) in [6.07, 6.45) is 4.50. The SMILES string of the molecule is CC(C)NCCN(C1=CC(=O)C(=O)C=C1)C(C)C. The molecule has 18 heavy (non-hydrogen) atoms. The molecule has 1 N–H and O–H groups in total. The van der Waals surface area contributed by atoms with Gasteiger partial charge >= 0.3 is 0 Å². The highest BCUT2D eigenvalue weighted by molar-refractivity contribution is 6.46. The minimum atomic E-state index is -0.442. The van der Waals surface area contributed by atoms with Crippen molar-refractivity contribution in [3.05, 3.63) is 23.9 Å². The fourth-order valence-electron chi connectivity index (χ4n) is 1.83. The van der Waals surface area contributed by atoms with E-state index in [-0.39, 0.29) is 6.04 Å². The van der Waals surface area contributed by atoms with Crippen LogP contribution in [0.15, 0.2) is 23.9 Å². The normalized spacial score (nSPS) is 15.6. The molecule has 100 valence electrons. The van der Waals surface area contributed by atoms with Gasteiger partial charge in [0, 0.05) is 36.9 Å². The number of carbonyl (C=O) groups excluding carboxylic acids is 2. The summed E-state index contributed by atoms with van der Waals surface area (Å²) >= 11 is 0. The standard InChI is InChI=1S/C14H22N2O2/c1-10(2)15-7-8-16(11(3)4)12-5-6-13(17)14(18)9-12/h5-6,9-11,15H,7-8H2,1-4H3. The molecule has 0 atom stereocenters. The van der Waals surface area contributed by atoms with Gasteiger partial charge in [-0.05, 0) is 26.0 Å². The molecule has 0 aromatic carbocycles. The lowest BCUT2D eigenvalue weighted by Gasteiger charge is -2.31. The van der Waals surface area contributed by atoms with Crippen molar-refractivity contribution in [2.45, 2.75) is 39.8 Å². The van der Waals surface area contributed by atoms with Crippen LogP contribution in [0.1, 0.15) is 27.7 Å². The third-order valence-electron chi connectivity index (χ3n) is 2.79. The molecular weight excluding hydrogens is 228 g/mol. The predicted molar refractivity (Wildman–Crippen MR) is 72.2 cm³/mol. The number of nitrogens with zero attached hydrogens (tertiary/aromatic N) is 1. The van der Waals surface area contributed by atoms with Crippen molar-refractivity contribution in [3.63, 3.8) is 0 Å². The maximum absolute atomic E-state index is 11.4. The Morgan fingerprint density at radius 3 is 2.28 bits per heavy atom. The van der Waals surface area contributed by atoms with Gasteiger partial charge in [-0.15, -0.1) is 0 Å². The first-order chi connectivity index (χ1) is 8.41. The van der Waals surface area contributed by atoms with Crippen LogP contribution in [-0.4, -0.2) is 41.6 Å². The third-order valence-corrected chi connectivity index (χ3v) is 2.79. The van der Waals surface area contributed by atoms with Crippen LogP contribution in [0.5, 0.6) is 0 Å². The smallest absolute Gasteiger partial charge is 0.227 e. The molecule has 0 aromatic heterocycles. The van der Waals surface area contributed by atoms with Crippen LogP contribution in [0, 0.1) is 0 Å². The second-order valence-corrected chi connectivity index (χ2v) is 5.03. The van der Waals surface area contributed by atoms with Gasteiger partial charge in [0.25, 0.3) is 0 Å². The average Bonchev–Trinajstić information content (AvgIpc) is 2.27. The zero-order valence-electron chi connectivity index (χ0n) is 11.6. The van der Waals surface area contributed by atoms with Crippen molar-refractivity contribution in [1.29, 1.82) is 0 Å². The molecule has 4 heteroatoms. The maximum Gasteiger partial charge on any atom is 0.227 e. The Morgan fingerprint density at radius 1 is 1.11 bits per heavy atom. The topological polar surface area (TPSA) is 49.4 Å². The van der Waals surface area contributed by atoms with Crippen LogP contribution in [0.4, 0.5) is 0 Å². The Bertz CT molecular complexity index is 381. The van der Waals surface area contributed by atoms with Gasteiger partial charge in [-0.2, -0.15) is 0 Å². The Morgan fingerprint density at radius 2 is 1.78 bits per heavy atom. The van der Waals surface area contributed by atoms with Crippen molar-refractivity contribution in [2.24, 2.45) is 0 Å². The number of carbonyl (C=O) groups is 2. The van der Waals surface area contributed by atoms with E-state index in [2.05, 4.69) is 37.9 Å².